The molecule has 0 unspecified atom stereocenters. The number of carbonyl (C=O) groups excluding carboxylic acids is 2. The van der Waals surface area contributed by atoms with Crippen LogP contribution in [0.5, 0.6) is 0 Å². The van der Waals surface area contributed by atoms with E-state index in [-0.39, 0.29) is 17.9 Å². The third-order valence-electron chi connectivity index (χ3n) is 5.58. The second-order valence-corrected chi connectivity index (χ2v) is 9.34. The highest BCUT2D eigenvalue weighted by Crippen LogP contribution is 2.38. The molecule has 33 heavy (non-hydrogen) atoms. The Morgan fingerprint density at radius 3 is 2.82 bits per heavy atom. The molecule has 9 nitrogen and oxygen atoms in total. The number of hydrogen-bond acceptors (Lipinski definition) is 7. The molecule has 2 aromatic heterocycles. The van der Waals surface area contributed by atoms with Crippen LogP contribution in [0.1, 0.15) is 63.9 Å². The molecule has 2 amide bonds. The van der Waals surface area contributed by atoms with E-state index in [4.69, 9.17) is 4.74 Å². The maximum Gasteiger partial charge on any atom is 0.256 e. The summed E-state index contributed by atoms with van der Waals surface area (Å²) in [7, 11) is 1.60. The molecule has 174 valence electrons. The summed E-state index contributed by atoms with van der Waals surface area (Å²) in [6.07, 6.45) is 3.92. The second-order valence-electron chi connectivity index (χ2n) is 8.24. The number of benzene rings is 1. The molecule has 1 aliphatic carbocycles. The van der Waals surface area contributed by atoms with Crippen LogP contribution < -0.4 is 10.6 Å². The quantitative estimate of drug-likeness (QED) is 0.490. The average molecular weight is 469 g/mol. The Morgan fingerprint density at radius 2 is 2.03 bits per heavy atom. The van der Waals surface area contributed by atoms with Crippen molar-refractivity contribution in [3.63, 3.8) is 0 Å². The van der Waals surface area contributed by atoms with Crippen LogP contribution in [0.25, 0.3) is 11.4 Å². The van der Waals surface area contributed by atoms with E-state index in [2.05, 4.69) is 26.2 Å². The lowest BCUT2D eigenvalue weighted by Crippen LogP contribution is -2.28. The Bertz CT molecular complexity index is 1150. The number of amides is 2. The lowest BCUT2D eigenvalue weighted by atomic mass is 9.95. The van der Waals surface area contributed by atoms with Gasteiger partial charge in [0.05, 0.1) is 18.2 Å². The largest absolute Gasteiger partial charge is 0.383 e. The summed E-state index contributed by atoms with van der Waals surface area (Å²) in [5.74, 6) is 0.154. The van der Waals surface area contributed by atoms with Crippen molar-refractivity contribution >= 4 is 28.2 Å². The molecular formula is C23H28N6O3S. The smallest absolute Gasteiger partial charge is 0.256 e. The molecule has 1 aromatic carbocycles. The van der Waals surface area contributed by atoms with Crippen LogP contribution in [-0.2, 0) is 17.6 Å². The zero-order valence-corrected chi connectivity index (χ0v) is 19.9. The zero-order valence-electron chi connectivity index (χ0n) is 19.1. The lowest BCUT2D eigenvalue weighted by molar-refractivity contribution is 0.0937. The van der Waals surface area contributed by atoms with Crippen molar-refractivity contribution in [3.05, 3.63) is 45.8 Å². The molecule has 0 saturated heterocycles. The van der Waals surface area contributed by atoms with Crippen molar-refractivity contribution in [2.45, 2.75) is 45.6 Å². The fourth-order valence-electron chi connectivity index (χ4n) is 3.96. The van der Waals surface area contributed by atoms with Crippen molar-refractivity contribution in [3.8, 4) is 11.4 Å². The maximum absolute atomic E-state index is 13.2. The van der Waals surface area contributed by atoms with Crippen LogP contribution >= 0.6 is 11.3 Å². The number of rotatable bonds is 8. The molecular weight excluding hydrogens is 440 g/mol. The summed E-state index contributed by atoms with van der Waals surface area (Å²) >= 11 is 1.50. The van der Waals surface area contributed by atoms with Gasteiger partial charge in [-0.05, 0) is 67.7 Å². The minimum Gasteiger partial charge on any atom is -0.383 e. The van der Waals surface area contributed by atoms with E-state index < -0.39 is 0 Å². The number of methoxy groups -OCH3 is 1. The molecule has 0 fully saturated rings. The van der Waals surface area contributed by atoms with E-state index in [1.165, 1.54) is 16.2 Å². The first-order chi connectivity index (χ1) is 16.0. The van der Waals surface area contributed by atoms with Gasteiger partial charge in [0.25, 0.3) is 11.8 Å². The minimum atomic E-state index is -0.273. The van der Waals surface area contributed by atoms with E-state index in [0.717, 1.165) is 36.8 Å². The summed E-state index contributed by atoms with van der Waals surface area (Å²) in [5.41, 5.74) is 2.87. The third kappa shape index (κ3) is 4.96. The standard InChI is InChI=1S/C23H28N6O3S/c1-14(2)29-20(26-27-28-29)15-7-6-8-16(13-15)21(30)25-23-19(22(31)24-11-12-32-3)17-9-4-5-10-18(17)33-23/h6-8,13-14H,4-5,9-12H2,1-3H3,(H,24,31)(H,25,30). The normalized spacial score (nSPS) is 13.1. The Morgan fingerprint density at radius 1 is 1.21 bits per heavy atom. The predicted octanol–water partition coefficient (Wildman–Crippen LogP) is 3.49. The highest BCUT2D eigenvalue weighted by atomic mass is 32.1. The first kappa shape index (κ1) is 23.1. The first-order valence-electron chi connectivity index (χ1n) is 11.1. The van der Waals surface area contributed by atoms with E-state index >= 15 is 0 Å². The van der Waals surface area contributed by atoms with E-state index in [9.17, 15) is 9.59 Å². The molecule has 0 spiro atoms. The molecule has 2 heterocycles. The number of carbonyl (C=O) groups is 2. The van der Waals surface area contributed by atoms with Gasteiger partial charge < -0.3 is 15.4 Å². The molecule has 4 rings (SSSR count). The fraction of sp³-hybridized carbons (Fsp3) is 0.435. The Kier molecular flexibility index (Phi) is 7.14. The molecule has 0 saturated carbocycles. The number of hydrogen-bond donors (Lipinski definition) is 2. The maximum atomic E-state index is 13.2. The van der Waals surface area contributed by atoms with Crippen LogP contribution in [0.4, 0.5) is 5.00 Å². The topological polar surface area (TPSA) is 111 Å². The molecule has 10 heteroatoms. The molecule has 0 radical (unpaired) electrons. The summed E-state index contributed by atoms with van der Waals surface area (Å²) in [6.45, 7) is 4.84. The van der Waals surface area contributed by atoms with E-state index in [0.29, 0.717) is 35.1 Å². The van der Waals surface area contributed by atoms with Gasteiger partial charge in [0.2, 0.25) is 0 Å². The molecule has 0 atom stereocenters. The number of ether oxygens (including phenoxy) is 1. The highest BCUT2D eigenvalue weighted by Gasteiger charge is 2.26. The number of anilines is 1. The van der Waals surface area contributed by atoms with Crippen LogP contribution in [0, 0.1) is 0 Å². The van der Waals surface area contributed by atoms with Gasteiger partial charge in [-0.1, -0.05) is 12.1 Å². The molecule has 2 N–H and O–H groups in total. The number of aromatic nitrogens is 4. The predicted molar refractivity (Wildman–Crippen MR) is 127 cm³/mol. The van der Waals surface area contributed by atoms with Gasteiger partial charge in [-0.25, -0.2) is 4.68 Å². The Balaban J connectivity index is 1.61. The lowest BCUT2D eigenvalue weighted by Gasteiger charge is -2.13. The molecule has 1 aliphatic rings. The van der Waals surface area contributed by atoms with Crippen LogP contribution in [0.3, 0.4) is 0 Å². The number of fused-ring (bicyclic) bond motifs is 1. The SMILES string of the molecule is COCCNC(=O)c1c(NC(=O)c2cccc(-c3nnnn3C(C)C)c2)sc2c1CCCC2. The number of aryl methyl sites for hydroxylation is 1. The van der Waals surface area contributed by atoms with Crippen LogP contribution in [0.2, 0.25) is 0 Å². The van der Waals surface area contributed by atoms with Crippen molar-refractivity contribution < 1.29 is 14.3 Å². The van der Waals surface area contributed by atoms with Gasteiger partial charge in [0, 0.05) is 29.7 Å². The van der Waals surface area contributed by atoms with E-state index in [1.807, 2.05) is 19.9 Å². The summed E-state index contributed by atoms with van der Waals surface area (Å²) in [6, 6.07) is 7.28. The molecule has 3 aromatic rings. The monoisotopic (exact) mass is 468 g/mol. The molecule has 0 aliphatic heterocycles. The Hall–Kier alpha value is -3.11. The van der Waals surface area contributed by atoms with E-state index in [1.54, 1.807) is 30.0 Å². The van der Waals surface area contributed by atoms with Crippen LogP contribution in [-0.4, -0.2) is 52.3 Å². The third-order valence-corrected chi connectivity index (χ3v) is 6.79. The fourth-order valence-corrected chi connectivity index (χ4v) is 5.24. The van der Waals surface area contributed by atoms with Gasteiger partial charge >= 0.3 is 0 Å². The van der Waals surface area contributed by atoms with Crippen molar-refractivity contribution in [2.75, 3.05) is 25.6 Å². The number of thiophene rings is 1. The van der Waals surface area contributed by atoms with Gasteiger partial charge in [0.1, 0.15) is 5.00 Å². The number of nitrogens with one attached hydrogen (secondary N) is 2. The van der Waals surface area contributed by atoms with Gasteiger partial charge in [0.15, 0.2) is 5.82 Å². The summed E-state index contributed by atoms with van der Waals surface area (Å²) < 4.78 is 6.76. The zero-order chi connectivity index (χ0) is 23.4. The van der Waals surface area contributed by atoms with Gasteiger partial charge in [-0.2, -0.15) is 0 Å². The van der Waals surface area contributed by atoms with Gasteiger partial charge in [-0.15, -0.1) is 16.4 Å². The average Bonchev–Trinajstić information content (AvgIpc) is 3.44. The van der Waals surface area contributed by atoms with Crippen molar-refractivity contribution in [1.29, 1.82) is 0 Å². The summed E-state index contributed by atoms with van der Waals surface area (Å²) in [4.78, 5) is 27.3. The second kappa shape index (κ2) is 10.2. The minimum absolute atomic E-state index is 0.0871. The number of tetrazole rings is 1. The van der Waals surface area contributed by atoms with Crippen molar-refractivity contribution in [2.24, 2.45) is 0 Å². The molecule has 0 bridgehead atoms. The number of nitrogens with zero attached hydrogens (tertiary/aromatic N) is 4. The Labute approximate surface area is 196 Å². The van der Waals surface area contributed by atoms with Crippen molar-refractivity contribution in [1.82, 2.24) is 25.5 Å². The van der Waals surface area contributed by atoms with Crippen LogP contribution in [0.15, 0.2) is 24.3 Å². The summed E-state index contributed by atoms with van der Waals surface area (Å²) in [5, 5.41) is 18.4. The highest BCUT2D eigenvalue weighted by molar-refractivity contribution is 7.17. The van der Waals surface area contributed by atoms with Gasteiger partial charge in [-0.3, -0.25) is 9.59 Å². The first-order valence-corrected chi connectivity index (χ1v) is 11.9.